The van der Waals surface area contributed by atoms with Crippen LogP contribution < -0.4 is 0 Å². The van der Waals surface area contributed by atoms with E-state index in [-0.39, 0.29) is 18.3 Å². The van der Waals surface area contributed by atoms with Gasteiger partial charge in [-0.05, 0) is 75.7 Å². The van der Waals surface area contributed by atoms with Gasteiger partial charge < -0.3 is 9.31 Å². The first-order valence-corrected chi connectivity index (χ1v) is 8.80. The first-order chi connectivity index (χ1) is 10.7. The van der Waals surface area contributed by atoms with Gasteiger partial charge in [-0.3, -0.25) is 4.68 Å². The highest BCUT2D eigenvalue weighted by Gasteiger charge is 2.54. The molecule has 3 unspecified atom stereocenters. The molecule has 4 rings (SSSR count). The van der Waals surface area contributed by atoms with Crippen molar-refractivity contribution in [2.24, 2.45) is 18.9 Å². The summed E-state index contributed by atoms with van der Waals surface area (Å²) in [6.07, 6.45) is 10.3. The Balaban J connectivity index is 1.46. The SMILES string of the molecule is Cn1cc(C2CC3C=C(B4OC(C)(C)C(C)(C)O4)CC3C2)cn1. The van der Waals surface area contributed by atoms with E-state index in [1.165, 1.54) is 23.9 Å². The number of allylic oxidation sites excluding steroid dienone is 2. The monoisotopic (exact) mass is 314 g/mol. The smallest absolute Gasteiger partial charge is 0.400 e. The van der Waals surface area contributed by atoms with E-state index in [1.807, 2.05) is 17.9 Å². The third-order valence-electron chi connectivity index (χ3n) is 6.43. The lowest BCUT2D eigenvalue weighted by Crippen LogP contribution is -2.41. The van der Waals surface area contributed by atoms with Crippen LogP contribution in [-0.2, 0) is 16.4 Å². The third kappa shape index (κ3) is 2.49. The van der Waals surface area contributed by atoms with Gasteiger partial charge >= 0.3 is 7.12 Å². The molecule has 0 spiro atoms. The molecule has 0 N–H and O–H groups in total. The first kappa shape index (κ1) is 15.5. The van der Waals surface area contributed by atoms with Crippen LogP contribution in [0.4, 0.5) is 0 Å². The van der Waals surface area contributed by atoms with Crippen molar-refractivity contribution in [2.75, 3.05) is 0 Å². The van der Waals surface area contributed by atoms with Crippen LogP contribution in [0.2, 0.25) is 0 Å². The minimum atomic E-state index is -0.242. The fourth-order valence-electron chi connectivity index (χ4n) is 4.33. The molecule has 4 nitrogen and oxygen atoms in total. The Morgan fingerprint density at radius 1 is 1.17 bits per heavy atom. The van der Waals surface area contributed by atoms with Gasteiger partial charge in [0.2, 0.25) is 0 Å². The van der Waals surface area contributed by atoms with Crippen LogP contribution in [0.5, 0.6) is 0 Å². The Kier molecular flexibility index (Phi) is 3.34. The molecule has 0 radical (unpaired) electrons. The summed E-state index contributed by atoms with van der Waals surface area (Å²) in [6.45, 7) is 8.51. The second-order valence-electron chi connectivity index (χ2n) is 8.57. The van der Waals surface area contributed by atoms with Crippen molar-refractivity contribution in [3.63, 3.8) is 0 Å². The molecule has 2 aliphatic carbocycles. The molecule has 1 aliphatic heterocycles. The largest absolute Gasteiger partial charge is 0.490 e. The van der Waals surface area contributed by atoms with Gasteiger partial charge in [-0.25, -0.2) is 0 Å². The summed E-state index contributed by atoms with van der Waals surface area (Å²) in [6, 6.07) is 0. The van der Waals surface area contributed by atoms with Crippen molar-refractivity contribution in [2.45, 2.75) is 64.1 Å². The average Bonchev–Trinajstić information content (AvgIpc) is 3.12. The lowest BCUT2D eigenvalue weighted by atomic mass is 9.76. The van der Waals surface area contributed by atoms with E-state index >= 15 is 0 Å². The summed E-state index contributed by atoms with van der Waals surface area (Å²) < 4.78 is 14.4. The zero-order valence-electron chi connectivity index (χ0n) is 14.9. The Bertz CT molecular complexity index is 633. The van der Waals surface area contributed by atoms with Crippen LogP contribution in [0, 0.1) is 11.8 Å². The van der Waals surface area contributed by atoms with Crippen molar-refractivity contribution in [1.29, 1.82) is 0 Å². The van der Waals surface area contributed by atoms with Crippen LogP contribution in [-0.4, -0.2) is 28.1 Å². The van der Waals surface area contributed by atoms with Crippen LogP contribution in [0.25, 0.3) is 0 Å². The van der Waals surface area contributed by atoms with Crippen molar-refractivity contribution < 1.29 is 9.31 Å². The van der Waals surface area contributed by atoms with Crippen molar-refractivity contribution in [3.8, 4) is 0 Å². The molecular formula is C18H27BN2O2. The van der Waals surface area contributed by atoms with Gasteiger partial charge in [0.1, 0.15) is 0 Å². The number of hydrogen-bond acceptors (Lipinski definition) is 3. The Hall–Kier alpha value is -1.07. The zero-order valence-corrected chi connectivity index (χ0v) is 14.9. The van der Waals surface area contributed by atoms with Gasteiger partial charge in [0.25, 0.3) is 0 Å². The summed E-state index contributed by atoms with van der Waals surface area (Å²) in [5.41, 5.74) is 2.28. The van der Waals surface area contributed by atoms with Crippen LogP contribution in [0.1, 0.15) is 58.4 Å². The number of aromatic nitrogens is 2. The van der Waals surface area contributed by atoms with E-state index in [9.17, 15) is 0 Å². The molecule has 3 atom stereocenters. The molecule has 1 saturated carbocycles. The van der Waals surface area contributed by atoms with Gasteiger partial charge in [-0.15, -0.1) is 0 Å². The number of rotatable bonds is 2. The molecular weight excluding hydrogens is 287 g/mol. The van der Waals surface area contributed by atoms with E-state index in [4.69, 9.17) is 9.31 Å². The summed E-state index contributed by atoms with van der Waals surface area (Å²) in [5.74, 6) is 2.08. The van der Waals surface area contributed by atoms with Gasteiger partial charge in [0, 0.05) is 13.2 Å². The van der Waals surface area contributed by atoms with Gasteiger partial charge in [-0.2, -0.15) is 5.10 Å². The molecule has 1 aromatic heterocycles. The highest BCUT2D eigenvalue weighted by Crippen LogP contribution is 2.51. The lowest BCUT2D eigenvalue weighted by molar-refractivity contribution is 0.00578. The predicted molar refractivity (Wildman–Crippen MR) is 90.9 cm³/mol. The third-order valence-corrected chi connectivity index (χ3v) is 6.43. The van der Waals surface area contributed by atoms with Crippen LogP contribution >= 0.6 is 0 Å². The van der Waals surface area contributed by atoms with Crippen molar-refractivity contribution in [1.82, 2.24) is 9.78 Å². The summed E-state index contributed by atoms with van der Waals surface area (Å²) in [5, 5.41) is 4.33. The quantitative estimate of drug-likeness (QED) is 0.784. The predicted octanol–water partition coefficient (Wildman–Crippen LogP) is 3.49. The van der Waals surface area contributed by atoms with Crippen LogP contribution in [0.15, 0.2) is 23.9 Å². The van der Waals surface area contributed by atoms with Gasteiger partial charge in [-0.1, -0.05) is 6.08 Å². The number of fused-ring (bicyclic) bond motifs is 1. The van der Waals surface area contributed by atoms with Crippen molar-refractivity contribution >= 4 is 7.12 Å². The maximum absolute atomic E-state index is 6.22. The molecule has 2 heterocycles. The molecule has 0 aromatic carbocycles. The average molecular weight is 314 g/mol. The maximum Gasteiger partial charge on any atom is 0.490 e. The van der Waals surface area contributed by atoms with E-state index < -0.39 is 0 Å². The van der Waals surface area contributed by atoms with E-state index in [0.29, 0.717) is 11.8 Å². The second kappa shape index (κ2) is 4.96. The molecule has 2 fully saturated rings. The molecule has 124 valence electrons. The Labute approximate surface area is 139 Å². The van der Waals surface area contributed by atoms with E-state index in [2.05, 4.69) is 45.1 Å². The minimum Gasteiger partial charge on any atom is -0.400 e. The molecule has 0 amide bonds. The van der Waals surface area contributed by atoms with Crippen molar-refractivity contribution in [3.05, 3.63) is 29.5 Å². The fourth-order valence-corrected chi connectivity index (χ4v) is 4.33. The zero-order chi connectivity index (χ0) is 16.4. The van der Waals surface area contributed by atoms with E-state index in [1.54, 1.807) is 0 Å². The van der Waals surface area contributed by atoms with Gasteiger partial charge in [0.05, 0.1) is 17.4 Å². The lowest BCUT2D eigenvalue weighted by Gasteiger charge is -2.32. The molecule has 3 aliphatic rings. The van der Waals surface area contributed by atoms with Gasteiger partial charge in [0.15, 0.2) is 0 Å². The minimum absolute atomic E-state index is 0.151. The molecule has 1 saturated heterocycles. The molecule has 23 heavy (non-hydrogen) atoms. The Morgan fingerprint density at radius 2 is 1.87 bits per heavy atom. The molecule has 1 aromatic rings. The number of aryl methyl sites for hydroxylation is 1. The highest BCUT2D eigenvalue weighted by molar-refractivity contribution is 6.54. The highest BCUT2D eigenvalue weighted by atomic mass is 16.7. The Morgan fingerprint density at radius 3 is 2.43 bits per heavy atom. The van der Waals surface area contributed by atoms with Crippen LogP contribution in [0.3, 0.4) is 0 Å². The topological polar surface area (TPSA) is 36.3 Å². The fraction of sp³-hybridized carbons (Fsp3) is 0.722. The maximum atomic E-state index is 6.22. The first-order valence-electron chi connectivity index (χ1n) is 8.80. The standard InChI is InChI=1S/C18H27BN2O2/c1-17(2)18(3,4)23-19(22-17)16-8-13-6-12(7-14(13)9-16)15-10-20-21(5)11-15/h8,10-14H,6-7,9H2,1-5H3. The number of hydrogen-bond donors (Lipinski definition) is 0. The molecule has 5 heteroatoms. The summed E-state index contributed by atoms with van der Waals surface area (Å²) in [7, 11) is 1.85. The number of nitrogens with zero attached hydrogens (tertiary/aromatic N) is 2. The normalized spacial score (nSPS) is 34.7. The summed E-state index contributed by atoms with van der Waals surface area (Å²) in [4.78, 5) is 0. The second-order valence-corrected chi connectivity index (χ2v) is 8.57. The molecule has 0 bridgehead atoms. The summed E-state index contributed by atoms with van der Waals surface area (Å²) >= 11 is 0. The van der Waals surface area contributed by atoms with E-state index in [0.717, 1.165) is 12.3 Å².